The second kappa shape index (κ2) is 8.73. The molecule has 132 valence electrons. The van der Waals surface area contributed by atoms with Crippen LogP contribution < -0.4 is 11.1 Å². The zero-order valence-corrected chi connectivity index (χ0v) is 13.8. The maximum atomic E-state index is 12.4. The Hall–Kier alpha value is -3.01. The number of hydrogen-bond donors (Lipinski definition) is 2. The number of carbonyl (C=O) groups excluding carboxylic acids is 3. The van der Waals surface area contributed by atoms with Gasteiger partial charge in [0.1, 0.15) is 18.7 Å². The maximum Gasteiger partial charge on any atom is 0.410 e. The molecule has 0 spiro atoms. The van der Waals surface area contributed by atoms with Crippen molar-refractivity contribution in [1.82, 2.24) is 10.2 Å². The SMILES string of the molecule is C#CC[C@H](NC(=O)[C@H]1CCCN1C(=O)OCc1ccccc1)C(N)=O. The van der Waals surface area contributed by atoms with E-state index in [0.717, 1.165) is 5.56 Å². The Bertz CT molecular complexity index is 669. The Kier molecular flexibility index (Phi) is 6.40. The third-order valence-corrected chi connectivity index (χ3v) is 3.98. The van der Waals surface area contributed by atoms with Crippen LogP contribution in [0, 0.1) is 12.3 Å². The lowest BCUT2D eigenvalue weighted by atomic mass is 10.1. The number of terminal acetylenes is 1. The summed E-state index contributed by atoms with van der Waals surface area (Å²) in [4.78, 5) is 37.4. The van der Waals surface area contributed by atoms with Crippen LogP contribution in [0.5, 0.6) is 0 Å². The number of primary amides is 1. The molecule has 0 aromatic heterocycles. The van der Waals surface area contributed by atoms with E-state index in [1.54, 1.807) is 0 Å². The van der Waals surface area contributed by atoms with Crippen LogP contribution >= 0.6 is 0 Å². The highest BCUT2D eigenvalue weighted by atomic mass is 16.6. The third kappa shape index (κ3) is 4.98. The smallest absolute Gasteiger partial charge is 0.410 e. The van der Waals surface area contributed by atoms with Crippen molar-refractivity contribution < 1.29 is 19.1 Å². The number of benzene rings is 1. The maximum absolute atomic E-state index is 12.4. The van der Waals surface area contributed by atoms with Gasteiger partial charge in [-0.25, -0.2) is 4.79 Å². The molecule has 0 unspecified atom stereocenters. The molecule has 1 fully saturated rings. The summed E-state index contributed by atoms with van der Waals surface area (Å²) in [6.45, 7) is 0.549. The summed E-state index contributed by atoms with van der Waals surface area (Å²) in [5.41, 5.74) is 6.08. The van der Waals surface area contributed by atoms with Gasteiger partial charge in [0.25, 0.3) is 0 Å². The van der Waals surface area contributed by atoms with Crippen molar-refractivity contribution in [2.24, 2.45) is 5.73 Å². The molecule has 1 aromatic rings. The molecule has 0 aliphatic carbocycles. The van der Waals surface area contributed by atoms with Gasteiger partial charge >= 0.3 is 6.09 Å². The number of rotatable bonds is 6. The summed E-state index contributed by atoms with van der Waals surface area (Å²) in [6.07, 6.45) is 5.79. The Morgan fingerprint density at radius 3 is 2.72 bits per heavy atom. The zero-order valence-electron chi connectivity index (χ0n) is 13.8. The Labute approximate surface area is 146 Å². The summed E-state index contributed by atoms with van der Waals surface area (Å²) in [5, 5.41) is 2.51. The van der Waals surface area contributed by atoms with Gasteiger partial charge in [0.15, 0.2) is 0 Å². The van der Waals surface area contributed by atoms with E-state index in [9.17, 15) is 14.4 Å². The van der Waals surface area contributed by atoms with Crippen LogP contribution in [0.1, 0.15) is 24.8 Å². The fourth-order valence-corrected chi connectivity index (χ4v) is 2.67. The van der Waals surface area contributed by atoms with Gasteiger partial charge in [-0.2, -0.15) is 0 Å². The highest BCUT2D eigenvalue weighted by molar-refractivity contribution is 5.91. The molecule has 7 heteroatoms. The standard InChI is InChI=1S/C18H21N3O4/c1-2-7-14(16(19)22)20-17(23)15-10-6-11-21(15)18(24)25-12-13-8-4-3-5-9-13/h1,3-5,8-9,14-15H,6-7,10-12H2,(H2,19,22)(H,20,23)/t14-,15+/m0/s1. The van der Waals surface area contributed by atoms with Gasteiger partial charge in [-0.3, -0.25) is 14.5 Å². The molecule has 3 amide bonds. The Balaban J connectivity index is 1.94. The first-order valence-electron chi connectivity index (χ1n) is 8.03. The fourth-order valence-electron chi connectivity index (χ4n) is 2.67. The van der Waals surface area contributed by atoms with Crippen LogP contribution in [0.3, 0.4) is 0 Å². The largest absolute Gasteiger partial charge is 0.445 e. The van der Waals surface area contributed by atoms with Gasteiger partial charge < -0.3 is 15.8 Å². The van der Waals surface area contributed by atoms with Crippen LogP contribution in [-0.4, -0.2) is 41.4 Å². The number of ether oxygens (including phenoxy) is 1. The first-order chi connectivity index (χ1) is 12.0. The summed E-state index contributed by atoms with van der Waals surface area (Å²) < 4.78 is 5.28. The van der Waals surface area contributed by atoms with Crippen molar-refractivity contribution >= 4 is 17.9 Å². The molecular weight excluding hydrogens is 322 g/mol. The number of hydrogen-bond acceptors (Lipinski definition) is 4. The predicted molar refractivity (Wildman–Crippen MR) is 90.9 cm³/mol. The van der Waals surface area contributed by atoms with Crippen molar-refractivity contribution in [2.75, 3.05) is 6.54 Å². The van der Waals surface area contributed by atoms with Gasteiger partial charge in [-0.05, 0) is 18.4 Å². The molecule has 1 aromatic carbocycles. The molecule has 3 N–H and O–H groups in total. The van der Waals surface area contributed by atoms with Crippen molar-refractivity contribution in [3.63, 3.8) is 0 Å². The number of nitrogens with zero attached hydrogens (tertiary/aromatic N) is 1. The molecule has 1 saturated heterocycles. The van der Waals surface area contributed by atoms with Gasteiger partial charge in [-0.1, -0.05) is 30.3 Å². The number of amides is 3. The van der Waals surface area contributed by atoms with Crippen LogP contribution in [0.15, 0.2) is 30.3 Å². The van der Waals surface area contributed by atoms with E-state index in [-0.39, 0.29) is 13.0 Å². The van der Waals surface area contributed by atoms with E-state index in [1.165, 1.54) is 4.90 Å². The van der Waals surface area contributed by atoms with Crippen molar-refractivity contribution in [1.29, 1.82) is 0 Å². The van der Waals surface area contributed by atoms with Gasteiger partial charge in [0.2, 0.25) is 11.8 Å². The molecule has 2 rings (SSSR count). The average molecular weight is 343 g/mol. The van der Waals surface area contributed by atoms with E-state index < -0.39 is 30.0 Å². The molecule has 0 bridgehead atoms. The van der Waals surface area contributed by atoms with E-state index in [1.807, 2.05) is 30.3 Å². The van der Waals surface area contributed by atoms with E-state index in [4.69, 9.17) is 16.9 Å². The van der Waals surface area contributed by atoms with Gasteiger partial charge in [0.05, 0.1) is 0 Å². The minimum atomic E-state index is -0.944. The zero-order chi connectivity index (χ0) is 18.2. The highest BCUT2D eigenvalue weighted by Gasteiger charge is 2.36. The number of likely N-dealkylation sites (tertiary alicyclic amines) is 1. The fraction of sp³-hybridized carbons (Fsp3) is 0.389. The van der Waals surface area contributed by atoms with Crippen LogP contribution in [0.25, 0.3) is 0 Å². The number of nitrogens with one attached hydrogen (secondary N) is 1. The second-order valence-electron chi connectivity index (χ2n) is 5.76. The monoisotopic (exact) mass is 343 g/mol. The second-order valence-corrected chi connectivity index (χ2v) is 5.76. The van der Waals surface area contributed by atoms with E-state index in [2.05, 4.69) is 11.2 Å². The molecule has 7 nitrogen and oxygen atoms in total. The average Bonchev–Trinajstić information content (AvgIpc) is 3.10. The quantitative estimate of drug-likeness (QED) is 0.745. The first-order valence-corrected chi connectivity index (χ1v) is 8.03. The minimum absolute atomic E-state index is 0.00620. The number of carbonyl (C=O) groups is 3. The topological polar surface area (TPSA) is 102 Å². The lowest BCUT2D eigenvalue weighted by molar-refractivity contribution is -0.129. The minimum Gasteiger partial charge on any atom is -0.445 e. The van der Waals surface area contributed by atoms with Crippen molar-refractivity contribution in [3.05, 3.63) is 35.9 Å². The highest BCUT2D eigenvalue weighted by Crippen LogP contribution is 2.19. The number of nitrogens with two attached hydrogens (primary N) is 1. The van der Waals surface area contributed by atoms with E-state index >= 15 is 0 Å². The molecule has 0 saturated carbocycles. The summed E-state index contributed by atoms with van der Waals surface area (Å²) in [7, 11) is 0. The van der Waals surface area contributed by atoms with Crippen molar-refractivity contribution in [3.8, 4) is 12.3 Å². The lowest BCUT2D eigenvalue weighted by Gasteiger charge is -2.24. The van der Waals surface area contributed by atoms with Gasteiger partial charge in [0, 0.05) is 13.0 Å². The molecule has 1 aliphatic rings. The van der Waals surface area contributed by atoms with E-state index in [0.29, 0.717) is 19.4 Å². The molecule has 25 heavy (non-hydrogen) atoms. The Morgan fingerprint density at radius 2 is 2.08 bits per heavy atom. The molecular formula is C18H21N3O4. The van der Waals surface area contributed by atoms with Crippen LogP contribution in [0.2, 0.25) is 0 Å². The predicted octanol–water partition coefficient (Wildman–Crippen LogP) is 0.781. The lowest BCUT2D eigenvalue weighted by Crippen LogP contribution is -2.52. The van der Waals surface area contributed by atoms with Crippen molar-refractivity contribution in [2.45, 2.75) is 38.0 Å². The summed E-state index contributed by atoms with van der Waals surface area (Å²) in [6, 6.07) is 7.63. The van der Waals surface area contributed by atoms with Crippen LogP contribution in [0.4, 0.5) is 4.79 Å². The molecule has 2 atom stereocenters. The molecule has 1 heterocycles. The van der Waals surface area contributed by atoms with Crippen LogP contribution in [-0.2, 0) is 20.9 Å². The summed E-state index contributed by atoms with van der Waals surface area (Å²) in [5.74, 6) is 1.14. The van der Waals surface area contributed by atoms with Gasteiger partial charge in [-0.15, -0.1) is 12.3 Å². The molecule has 0 radical (unpaired) electrons. The normalized spacial score (nSPS) is 17.4. The molecule has 1 aliphatic heterocycles. The summed E-state index contributed by atoms with van der Waals surface area (Å²) >= 11 is 0. The Morgan fingerprint density at radius 1 is 1.36 bits per heavy atom. The first kappa shape index (κ1) is 18.3. The third-order valence-electron chi connectivity index (χ3n) is 3.98.